The van der Waals surface area contributed by atoms with E-state index in [-0.39, 0.29) is 0 Å². The number of hydrogen-bond donors (Lipinski definition) is 1. The van der Waals surface area contributed by atoms with Crippen molar-refractivity contribution in [3.63, 3.8) is 0 Å². The number of anilines is 1. The molecule has 2 N–H and O–H groups in total. The van der Waals surface area contributed by atoms with E-state index >= 15 is 0 Å². The molecule has 3 rings (SSSR count). The maximum atomic E-state index is 6.01. The number of oxazole rings is 1. The highest BCUT2D eigenvalue weighted by molar-refractivity contribution is 7.98. The summed E-state index contributed by atoms with van der Waals surface area (Å²) in [4.78, 5) is 8.78. The van der Waals surface area contributed by atoms with Gasteiger partial charge in [-0.25, -0.2) is 9.97 Å². The van der Waals surface area contributed by atoms with Crippen LogP contribution in [0.3, 0.4) is 0 Å². The first kappa shape index (κ1) is 13.0. The number of rotatable bonds is 3. The van der Waals surface area contributed by atoms with Crippen LogP contribution in [-0.2, 0) is 5.75 Å². The van der Waals surface area contributed by atoms with E-state index in [0.717, 1.165) is 27.9 Å². The zero-order valence-corrected chi connectivity index (χ0v) is 12.2. The quantitative estimate of drug-likeness (QED) is 0.743. The van der Waals surface area contributed by atoms with E-state index in [1.165, 1.54) is 11.8 Å². The summed E-state index contributed by atoms with van der Waals surface area (Å²) in [5.41, 5.74) is 8.86. The van der Waals surface area contributed by atoms with Gasteiger partial charge in [0.25, 0.3) is 5.22 Å². The maximum Gasteiger partial charge on any atom is 0.256 e. The van der Waals surface area contributed by atoms with Crippen molar-refractivity contribution in [1.82, 2.24) is 9.97 Å². The first-order valence-electron chi connectivity index (χ1n) is 6.34. The summed E-state index contributed by atoms with van der Waals surface area (Å²) in [6.45, 7) is 3.85. The van der Waals surface area contributed by atoms with E-state index in [1.807, 2.05) is 38.1 Å². The highest BCUT2D eigenvalue weighted by Gasteiger charge is 2.09. The molecule has 0 unspecified atom stereocenters. The summed E-state index contributed by atoms with van der Waals surface area (Å²) in [5, 5.41) is 1.77. The number of fused-ring (bicyclic) bond motifs is 1. The molecule has 0 bridgehead atoms. The van der Waals surface area contributed by atoms with Gasteiger partial charge in [-0.1, -0.05) is 30.0 Å². The second kappa shape index (κ2) is 5.17. The average molecular weight is 285 g/mol. The number of benzene rings is 1. The third-order valence-corrected chi connectivity index (χ3v) is 4.07. The largest absolute Gasteiger partial charge is 0.437 e. The first-order chi connectivity index (χ1) is 9.63. The van der Waals surface area contributed by atoms with Crippen LogP contribution in [0, 0.1) is 13.8 Å². The van der Waals surface area contributed by atoms with Gasteiger partial charge in [-0.2, -0.15) is 0 Å². The molecular formula is C15H15N3OS. The molecule has 0 amide bonds. The van der Waals surface area contributed by atoms with Gasteiger partial charge in [0.2, 0.25) is 0 Å². The van der Waals surface area contributed by atoms with Crippen molar-refractivity contribution in [1.29, 1.82) is 0 Å². The molecule has 0 saturated carbocycles. The Kier molecular flexibility index (Phi) is 3.36. The molecule has 20 heavy (non-hydrogen) atoms. The molecule has 5 heteroatoms. The lowest BCUT2D eigenvalue weighted by Gasteiger charge is -2.05. The summed E-state index contributed by atoms with van der Waals surface area (Å²) in [7, 11) is 0. The fraction of sp³-hybridized carbons (Fsp3) is 0.200. The minimum Gasteiger partial charge on any atom is -0.437 e. The molecule has 4 nitrogen and oxygen atoms in total. The van der Waals surface area contributed by atoms with Crippen LogP contribution < -0.4 is 5.73 Å². The average Bonchev–Trinajstić information content (AvgIpc) is 2.75. The van der Waals surface area contributed by atoms with Gasteiger partial charge in [0.05, 0.1) is 11.2 Å². The molecule has 102 valence electrons. The van der Waals surface area contributed by atoms with Crippen LogP contribution in [0.1, 0.15) is 17.0 Å². The fourth-order valence-electron chi connectivity index (χ4n) is 1.93. The fourth-order valence-corrected chi connectivity index (χ4v) is 2.83. The van der Waals surface area contributed by atoms with E-state index in [1.54, 1.807) is 0 Å². The summed E-state index contributed by atoms with van der Waals surface area (Å²) >= 11 is 1.53. The minimum absolute atomic E-state index is 0.566. The van der Waals surface area contributed by atoms with Gasteiger partial charge < -0.3 is 10.2 Å². The summed E-state index contributed by atoms with van der Waals surface area (Å²) in [5.74, 6) is 2.12. The summed E-state index contributed by atoms with van der Waals surface area (Å²) in [6.07, 6.45) is 0. The molecular weight excluding hydrogens is 270 g/mol. The first-order valence-corrected chi connectivity index (χ1v) is 7.33. The zero-order chi connectivity index (χ0) is 14.1. The van der Waals surface area contributed by atoms with Gasteiger partial charge in [-0.3, -0.25) is 0 Å². The van der Waals surface area contributed by atoms with Crippen LogP contribution in [0.15, 0.2) is 40.0 Å². The molecule has 2 heterocycles. The van der Waals surface area contributed by atoms with E-state index in [4.69, 9.17) is 10.2 Å². The van der Waals surface area contributed by atoms with E-state index in [0.29, 0.717) is 16.8 Å². The van der Waals surface area contributed by atoms with Gasteiger partial charge in [-0.15, -0.1) is 0 Å². The minimum atomic E-state index is 0.566. The SMILES string of the molecule is Cc1nc(SCc2cc3ccccc3nc2N)oc1C. The predicted molar refractivity (Wildman–Crippen MR) is 81.7 cm³/mol. The number of thioether (sulfide) groups is 1. The molecule has 0 aliphatic carbocycles. The summed E-state index contributed by atoms with van der Waals surface area (Å²) < 4.78 is 5.55. The molecule has 0 spiro atoms. The molecule has 0 aliphatic rings. The molecule has 2 aromatic heterocycles. The Balaban J connectivity index is 1.85. The highest BCUT2D eigenvalue weighted by Crippen LogP contribution is 2.27. The number of pyridine rings is 1. The Morgan fingerprint density at radius 3 is 2.75 bits per heavy atom. The molecule has 3 aromatic rings. The van der Waals surface area contributed by atoms with Crippen molar-refractivity contribution in [2.24, 2.45) is 0 Å². The molecule has 0 atom stereocenters. The van der Waals surface area contributed by atoms with Crippen LogP contribution >= 0.6 is 11.8 Å². The van der Waals surface area contributed by atoms with Crippen molar-refractivity contribution in [2.45, 2.75) is 24.8 Å². The zero-order valence-electron chi connectivity index (χ0n) is 11.4. The van der Waals surface area contributed by atoms with Gasteiger partial charge >= 0.3 is 0 Å². The van der Waals surface area contributed by atoms with Crippen LogP contribution in [0.2, 0.25) is 0 Å². The van der Waals surface area contributed by atoms with Crippen molar-refractivity contribution in [3.8, 4) is 0 Å². The van der Waals surface area contributed by atoms with Crippen molar-refractivity contribution in [3.05, 3.63) is 47.3 Å². The highest BCUT2D eigenvalue weighted by atomic mass is 32.2. The third kappa shape index (κ3) is 2.49. The smallest absolute Gasteiger partial charge is 0.256 e. The van der Waals surface area contributed by atoms with Crippen LogP contribution in [0.5, 0.6) is 0 Å². The Bertz CT molecular complexity index is 747. The maximum absolute atomic E-state index is 6.01. The number of aryl methyl sites for hydroxylation is 2. The molecule has 0 fully saturated rings. The van der Waals surface area contributed by atoms with Crippen molar-refractivity contribution < 1.29 is 4.42 Å². The van der Waals surface area contributed by atoms with Gasteiger partial charge in [-0.05, 0) is 26.0 Å². The Labute approximate surface area is 121 Å². The number of hydrogen-bond acceptors (Lipinski definition) is 5. The van der Waals surface area contributed by atoms with Gasteiger partial charge in [0.15, 0.2) is 0 Å². The number of nitrogens with two attached hydrogens (primary N) is 1. The number of aromatic nitrogens is 2. The second-order valence-electron chi connectivity index (χ2n) is 4.64. The number of nitrogen functional groups attached to an aromatic ring is 1. The van der Waals surface area contributed by atoms with Crippen LogP contribution in [0.25, 0.3) is 10.9 Å². The van der Waals surface area contributed by atoms with Crippen LogP contribution in [0.4, 0.5) is 5.82 Å². The Hall–Kier alpha value is -2.01. The van der Waals surface area contributed by atoms with Crippen molar-refractivity contribution >= 4 is 28.5 Å². The van der Waals surface area contributed by atoms with E-state index in [9.17, 15) is 0 Å². The number of para-hydroxylation sites is 1. The predicted octanol–water partition coefficient (Wildman–Crippen LogP) is 3.71. The van der Waals surface area contributed by atoms with E-state index in [2.05, 4.69) is 16.0 Å². The topological polar surface area (TPSA) is 64.9 Å². The monoisotopic (exact) mass is 285 g/mol. The Morgan fingerprint density at radius 2 is 2.00 bits per heavy atom. The lowest BCUT2D eigenvalue weighted by molar-refractivity contribution is 0.431. The Morgan fingerprint density at radius 1 is 1.20 bits per heavy atom. The molecule has 0 aliphatic heterocycles. The molecule has 1 aromatic carbocycles. The van der Waals surface area contributed by atoms with Crippen molar-refractivity contribution in [2.75, 3.05) is 5.73 Å². The standard InChI is InChI=1S/C15H15N3OS/c1-9-10(2)19-15(17-9)20-8-12-7-11-5-3-4-6-13(11)18-14(12)16/h3-7H,8H2,1-2H3,(H2,16,18). The summed E-state index contributed by atoms with van der Waals surface area (Å²) in [6, 6.07) is 10.0. The van der Waals surface area contributed by atoms with Gasteiger partial charge in [0, 0.05) is 16.7 Å². The lowest BCUT2D eigenvalue weighted by Crippen LogP contribution is -1.97. The van der Waals surface area contributed by atoms with Crippen LogP contribution in [-0.4, -0.2) is 9.97 Å². The van der Waals surface area contributed by atoms with E-state index < -0.39 is 0 Å². The van der Waals surface area contributed by atoms with Gasteiger partial charge in [0.1, 0.15) is 11.6 Å². The molecule has 0 radical (unpaired) electrons. The second-order valence-corrected chi connectivity index (χ2v) is 5.56. The normalized spacial score (nSPS) is 11.1. The molecule has 0 saturated heterocycles. The third-order valence-electron chi connectivity index (χ3n) is 3.20. The lowest BCUT2D eigenvalue weighted by atomic mass is 10.1. The number of nitrogens with zero attached hydrogens (tertiary/aromatic N) is 2.